The van der Waals surface area contributed by atoms with Gasteiger partial charge < -0.3 is 29.4 Å². The summed E-state index contributed by atoms with van der Waals surface area (Å²) in [6, 6.07) is 10.8. The Morgan fingerprint density at radius 3 is 2.50 bits per heavy atom. The summed E-state index contributed by atoms with van der Waals surface area (Å²) in [5.41, 5.74) is 6.11. The summed E-state index contributed by atoms with van der Waals surface area (Å²) in [6.07, 6.45) is -0.361. The van der Waals surface area contributed by atoms with Gasteiger partial charge in [0.1, 0.15) is 11.2 Å². The number of piperazine rings is 1. The maximum absolute atomic E-state index is 15.1. The predicted octanol–water partition coefficient (Wildman–Crippen LogP) is 5.57. The zero-order valence-electron chi connectivity index (χ0n) is 21.1. The molecule has 1 saturated heterocycles. The van der Waals surface area contributed by atoms with E-state index < -0.39 is 16.8 Å². The molecule has 5 rings (SSSR count). The number of hydrogen-bond donors (Lipinski definition) is 1. The zero-order valence-corrected chi connectivity index (χ0v) is 21.8. The van der Waals surface area contributed by atoms with E-state index in [9.17, 15) is 9.59 Å². The van der Waals surface area contributed by atoms with Crippen LogP contribution in [0.1, 0.15) is 20.8 Å². The molecule has 38 heavy (non-hydrogen) atoms. The summed E-state index contributed by atoms with van der Waals surface area (Å²) >= 11 is 6.16. The fraction of sp³-hybridized carbons (Fsp3) is 0.296. The van der Waals surface area contributed by atoms with Crippen LogP contribution >= 0.6 is 11.6 Å². The van der Waals surface area contributed by atoms with E-state index in [0.29, 0.717) is 31.9 Å². The molecule has 1 fully saturated rings. The van der Waals surface area contributed by atoms with Gasteiger partial charge in [-0.05, 0) is 45.0 Å². The van der Waals surface area contributed by atoms with Crippen molar-refractivity contribution in [2.75, 3.05) is 36.8 Å². The number of ether oxygens (including phenoxy) is 2. The van der Waals surface area contributed by atoms with Crippen LogP contribution in [0.25, 0.3) is 22.1 Å². The molecule has 1 aliphatic rings. The van der Waals surface area contributed by atoms with Crippen LogP contribution in [0.5, 0.6) is 11.5 Å². The number of benzene rings is 2. The summed E-state index contributed by atoms with van der Waals surface area (Å²) < 4.78 is 32.0. The molecule has 0 spiro atoms. The molecule has 0 aliphatic carbocycles. The SMILES string of the molecule is CC(C)(C)OC(=O)N1CCN(c2ccc(Oc3cc4oc5cccc(Cl)c5c(=O)c4nc3N)c(F)c2)CC1. The van der Waals surface area contributed by atoms with Gasteiger partial charge in [-0.1, -0.05) is 17.7 Å². The lowest BCUT2D eigenvalue weighted by Crippen LogP contribution is -2.50. The molecule has 0 radical (unpaired) electrons. The van der Waals surface area contributed by atoms with Gasteiger partial charge in [0.15, 0.2) is 34.2 Å². The van der Waals surface area contributed by atoms with Crippen molar-refractivity contribution in [2.45, 2.75) is 26.4 Å². The molecule has 0 saturated carbocycles. The van der Waals surface area contributed by atoms with E-state index in [1.54, 1.807) is 29.2 Å². The minimum Gasteiger partial charge on any atom is -0.454 e. The van der Waals surface area contributed by atoms with Crippen molar-refractivity contribution in [3.63, 3.8) is 0 Å². The average molecular weight is 541 g/mol. The van der Waals surface area contributed by atoms with Gasteiger partial charge in [0.2, 0.25) is 5.43 Å². The molecule has 1 amide bonds. The summed E-state index contributed by atoms with van der Waals surface area (Å²) in [4.78, 5) is 33.0. The van der Waals surface area contributed by atoms with E-state index in [-0.39, 0.29) is 50.5 Å². The van der Waals surface area contributed by atoms with Gasteiger partial charge >= 0.3 is 6.09 Å². The lowest BCUT2D eigenvalue weighted by atomic mass is 10.2. The number of amides is 1. The number of hydrogen-bond acceptors (Lipinski definition) is 8. The summed E-state index contributed by atoms with van der Waals surface area (Å²) in [5.74, 6) is -0.735. The molecule has 3 heterocycles. The first kappa shape index (κ1) is 25.6. The molecule has 4 aromatic rings. The van der Waals surface area contributed by atoms with Crippen molar-refractivity contribution in [1.29, 1.82) is 0 Å². The number of halogens is 2. The topological polar surface area (TPSA) is 111 Å². The third kappa shape index (κ3) is 5.04. The number of aromatic nitrogens is 1. The van der Waals surface area contributed by atoms with E-state index in [4.69, 9.17) is 31.2 Å². The smallest absolute Gasteiger partial charge is 0.410 e. The van der Waals surface area contributed by atoms with Crippen molar-refractivity contribution < 1.29 is 23.1 Å². The molecule has 1 aliphatic heterocycles. The van der Waals surface area contributed by atoms with Gasteiger partial charge in [0.25, 0.3) is 0 Å². The molecule has 9 nitrogen and oxygen atoms in total. The van der Waals surface area contributed by atoms with E-state index in [2.05, 4.69) is 4.98 Å². The maximum atomic E-state index is 15.1. The van der Waals surface area contributed by atoms with Crippen LogP contribution < -0.4 is 20.8 Å². The Labute approximate surface area is 222 Å². The van der Waals surface area contributed by atoms with E-state index in [1.165, 1.54) is 18.2 Å². The first-order valence-corrected chi connectivity index (χ1v) is 12.4. The number of pyridine rings is 1. The lowest BCUT2D eigenvalue weighted by Gasteiger charge is -2.36. The predicted molar refractivity (Wildman–Crippen MR) is 144 cm³/mol. The Bertz CT molecular complexity index is 1610. The second kappa shape index (κ2) is 9.68. The highest BCUT2D eigenvalue weighted by atomic mass is 35.5. The Morgan fingerprint density at radius 2 is 1.82 bits per heavy atom. The minimum absolute atomic E-state index is 0.00297. The zero-order chi connectivity index (χ0) is 27.2. The highest BCUT2D eigenvalue weighted by molar-refractivity contribution is 6.35. The van der Waals surface area contributed by atoms with Crippen LogP contribution in [-0.2, 0) is 4.74 Å². The molecule has 11 heteroatoms. The molecular weight excluding hydrogens is 515 g/mol. The standard InChI is InChI=1S/C27H26ClFN4O5/c1-27(2,3)38-26(35)33-11-9-32(10-12-33)15-7-8-18(17(29)13-15)36-21-14-20-23(31-25(21)30)24(34)22-16(28)5-4-6-19(22)37-20/h4-8,13-14H,9-12H2,1-3H3,(H2,30,31). The average Bonchev–Trinajstić information content (AvgIpc) is 2.85. The number of rotatable bonds is 3. The van der Waals surface area contributed by atoms with Crippen LogP contribution in [0.4, 0.5) is 20.7 Å². The number of nitrogens with two attached hydrogens (primary N) is 1. The van der Waals surface area contributed by atoms with Crippen molar-refractivity contribution >= 4 is 51.3 Å². The summed E-state index contributed by atoms with van der Waals surface area (Å²) in [5, 5.41) is 0.447. The molecule has 198 valence electrons. The quantitative estimate of drug-likeness (QED) is 0.336. The second-order valence-corrected chi connectivity index (χ2v) is 10.3. The van der Waals surface area contributed by atoms with Crippen molar-refractivity contribution in [3.05, 3.63) is 63.5 Å². The van der Waals surface area contributed by atoms with Crippen LogP contribution in [0.15, 0.2) is 51.7 Å². The molecule has 0 bridgehead atoms. The van der Waals surface area contributed by atoms with Crippen LogP contribution in [0.2, 0.25) is 5.02 Å². The Hall–Kier alpha value is -4.05. The number of anilines is 2. The van der Waals surface area contributed by atoms with Gasteiger partial charge in [-0.15, -0.1) is 0 Å². The Kier molecular flexibility index (Phi) is 6.52. The van der Waals surface area contributed by atoms with Gasteiger partial charge in [-0.2, -0.15) is 0 Å². The number of nitrogens with zero attached hydrogens (tertiary/aromatic N) is 3. The summed E-state index contributed by atoms with van der Waals surface area (Å²) in [7, 11) is 0. The van der Waals surface area contributed by atoms with Crippen LogP contribution in [-0.4, -0.2) is 47.8 Å². The third-order valence-corrected chi connectivity index (χ3v) is 6.36. The van der Waals surface area contributed by atoms with Crippen molar-refractivity contribution in [2.24, 2.45) is 0 Å². The van der Waals surface area contributed by atoms with Gasteiger partial charge in [0.05, 0.1) is 10.4 Å². The van der Waals surface area contributed by atoms with Gasteiger partial charge in [-0.3, -0.25) is 4.79 Å². The highest BCUT2D eigenvalue weighted by Crippen LogP contribution is 2.34. The first-order chi connectivity index (χ1) is 18.0. The van der Waals surface area contributed by atoms with Crippen LogP contribution in [0.3, 0.4) is 0 Å². The van der Waals surface area contributed by atoms with E-state index in [0.717, 1.165) is 0 Å². The highest BCUT2D eigenvalue weighted by Gasteiger charge is 2.26. The lowest BCUT2D eigenvalue weighted by molar-refractivity contribution is 0.0240. The monoisotopic (exact) mass is 540 g/mol. The Balaban J connectivity index is 1.34. The molecule has 2 N–H and O–H groups in total. The molecule has 2 aromatic carbocycles. The van der Waals surface area contributed by atoms with Crippen molar-refractivity contribution in [1.82, 2.24) is 9.88 Å². The number of fused-ring (bicyclic) bond motifs is 2. The van der Waals surface area contributed by atoms with Crippen LogP contribution in [0, 0.1) is 5.82 Å². The van der Waals surface area contributed by atoms with E-state index >= 15 is 4.39 Å². The van der Waals surface area contributed by atoms with Gasteiger partial charge in [0, 0.05) is 44.0 Å². The fourth-order valence-corrected chi connectivity index (χ4v) is 4.47. The van der Waals surface area contributed by atoms with E-state index in [1.807, 2.05) is 25.7 Å². The maximum Gasteiger partial charge on any atom is 0.410 e. The van der Waals surface area contributed by atoms with Gasteiger partial charge in [-0.25, -0.2) is 14.2 Å². The molecule has 2 aromatic heterocycles. The number of carbonyl (C=O) groups is 1. The number of carbonyl (C=O) groups excluding carboxylic acids is 1. The first-order valence-electron chi connectivity index (χ1n) is 12.0. The van der Waals surface area contributed by atoms with Crippen molar-refractivity contribution in [3.8, 4) is 11.5 Å². The Morgan fingerprint density at radius 1 is 1.08 bits per heavy atom. The second-order valence-electron chi connectivity index (χ2n) is 9.93. The fourth-order valence-electron chi connectivity index (χ4n) is 4.22. The molecular formula is C27H26ClFN4O5. The molecule has 0 unspecified atom stereocenters. The molecule has 0 atom stereocenters. The normalized spacial score (nSPS) is 14.2. The minimum atomic E-state index is -0.608. The summed E-state index contributed by atoms with van der Waals surface area (Å²) in [6.45, 7) is 7.43. The third-order valence-electron chi connectivity index (χ3n) is 6.05. The number of nitrogen functional groups attached to an aromatic ring is 1. The largest absolute Gasteiger partial charge is 0.454 e.